The average Bonchev–Trinajstić information content (AvgIpc) is 3.04. The summed E-state index contributed by atoms with van der Waals surface area (Å²) in [7, 11) is 1.99. The van der Waals surface area contributed by atoms with Gasteiger partial charge in [0.15, 0.2) is 0 Å². The summed E-state index contributed by atoms with van der Waals surface area (Å²) in [4.78, 5) is 38.1. The molecule has 1 amide bonds. The maximum atomic E-state index is 13.1. The monoisotopic (exact) mass is 546 g/mol. The molecule has 0 spiro atoms. The predicted molar refractivity (Wildman–Crippen MR) is 156 cm³/mol. The van der Waals surface area contributed by atoms with E-state index in [0.717, 1.165) is 44.8 Å². The summed E-state index contributed by atoms with van der Waals surface area (Å²) in [6.07, 6.45) is 11.1. The van der Waals surface area contributed by atoms with Crippen molar-refractivity contribution in [2.24, 2.45) is 34.0 Å². The van der Waals surface area contributed by atoms with Crippen LogP contribution in [0.1, 0.15) is 83.5 Å². The number of carbonyl (C=O) groups is 3. The molecule has 1 aromatic carbocycles. The van der Waals surface area contributed by atoms with Gasteiger partial charge in [-0.1, -0.05) is 56.7 Å². The molecule has 216 valence electrons. The highest BCUT2D eigenvalue weighted by Crippen LogP contribution is 2.68. The number of benzene rings is 1. The second kappa shape index (κ2) is 10.6. The first-order valence-corrected chi connectivity index (χ1v) is 15.1. The molecule has 1 aromatic rings. The van der Waals surface area contributed by atoms with Crippen molar-refractivity contribution < 1.29 is 19.1 Å². The van der Waals surface area contributed by atoms with Gasteiger partial charge in [-0.2, -0.15) is 0 Å². The first-order chi connectivity index (χ1) is 19.0. The molecule has 0 heterocycles. The van der Waals surface area contributed by atoms with E-state index in [1.807, 2.05) is 44.3 Å². The molecule has 9 atom stereocenters. The SMILES string of the molecule is CN[C@@H](C)[C@H]1[C@H](OC(C)=O)C[C@@]2(C)[C@@H]3CC[C@@H]4C(=CC3=CC[C@]12C)CC[C@H](NC(=O)c1ccccc1)[C@@]4(C)C=O. The van der Waals surface area contributed by atoms with Crippen LogP contribution < -0.4 is 10.6 Å². The minimum atomic E-state index is -0.675. The van der Waals surface area contributed by atoms with Crippen molar-refractivity contribution in [3.05, 3.63) is 59.2 Å². The molecular weight excluding hydrogens is 500 g/mol. The Bertz CT molecular complexity index is 1220. The highest BCUT2D eigenvalue weighted by molar-refractivity contribution is 5.94. The van der Waals surface area contributed by atoms with Gasteiger partial charge in [0.05, 0.1) is 0 Å². The van der Waals surface area contributed by atoms with E-state index in [0.29, 0.717) is 11.5 Å². The van der Waals surface area contributed by atoms with Crippen LogP contribution in [0.5, 0.6) is 0 Å². The number of hydrogen-bond donors (Lipinski definition) is 2. The van der Waals surface area contributed by atoms with Crippen LogP contribution in [0.3, 0.4) is 0 Å². The highest BCUT2D eigenvalue weighted by atomic mass is 16.5. The molecule has 5 rings (SSSR count). The van der Waals surface area contributed by atoms with Gasteiger partial charge in [-0.05, 0) is 92.9 Å². The third kappa shape index (κ3) is 4.47. The summed E-state index contributed by atoms with van der Waals surface area (Å²) in [6, 6.07) is 9.25. The average molecular weight is 547 g/mol. The first kappa shape index (κ1) is 28.8. The van der Waals surface area contributed by atoms with Crippen LogP contribution in [0.2, 0.25) is 0 Å². The zero-order valence-corrected chi connectivity index (χ0v) is 25.0. The lowest BCUT2D eigenvalue weighted by Crippen LogP contribution is -2.54. The van der Waals surface area contributed by atoms with E-state index < -0.39 is 5.41 Å². The third-order valence-electron chi connectivity index (χ3n) is 11.7. The van der Waals surface area contributed by atoms with Crippen LogP contribution in [-0.4, -0.2) is 43.4 Å². The molecular formula is C34H46N2O4. The van der Waals surface area contributed by atoms with Gasteiger partial charge in [-0.3, -0.25) is 9.59 Å². The lowest BCUT2D eigenvalue weighted by atomic mass is 9.51. The van der Waals surface area contributed by atoms with Crippen molar-refractivity contribution in [3.8, 4) is 0 Å². The highest BCUT2D eigenvalue weighted by Gasteiger charge is 2.65. The largest absolute Gasteiger partial charge is 0.462 e. The molecule has 0 unspecified atom stereocenters. The first-order valence-electron chi connectivity index (χ1n) is 15.1. The van der Waals surface area contributed by atoms with Crippen LogP contribution >= 0.6 is 0 Å². The maximum absolute atomic E-state index is 13.1. The Morgan fingerprint density at radius 3 is 2.40 bits per heavy atom. The topological polar surface area (TPSA) is 84.5 Å². The number of amides is 1. The molecule has 2 N–H and O–H groups in total. The van der Waals surface area contributed by atoms with Crippen molar-refractivity contribution in [1.29, 1.82) is 0 Å². The molecule has 0 aromatic heterocycles. The number of rotatable bonds is 6. The third-order valence-corrected chi connectivity index (χ3v) is 11.7. The molecule has 40 heavy (non-hydrogen) atoms. The molecule has 4 aliphatic rings. The van der Waals surface area contributed by atoms with E-state index in [-0.39, 0.29) is 52.7 Å². The number of carbonyl (C=O) groups excluding carboxylic acids is 3. The van der Waals surface area contributed by atoms with Gasteiger partial charge in [0, 0.05) is 35.9 Å². The lowest BCUT2D eigenvalue weighted by molar-refractivity contribution is -0.149. The van der Waals surface area contributed by atoms with Gasteiger partial charge in [0.1, 0.15) is 12.4 Å². The van der Waals surface area contributed by atoms with Gasteiger partial charge in [-0.15, -0.1) is 0 Å². The second-order valence-electron chi connectivity index (χ2n) is 13.5. The van der Waals surface area contributed by atoms with E-state index >= 15 is 0 Å². The van der Waals surface area contributed by atoms with Gasteiger partial charge >= 0.3 is 5.97 Å². The summed E-state index contributed by atoms with van der Waals surface area (Å²) >= 11 is 0. The van der Waals surface area contributed by atoms with Crippen molar-refractivity contribution in [2.75, 3.05) is 7.05 Å². The van der Waals surface area contributed by atoms with Crippen LogP contribution in [0.4, 0.5) is 0 Å². The zero-order valence-electron chi connectivity index (χ0n) is 25.0. The van der Waals surface area contributed by atoms with E-state index in [4.69, 9.17) is 4.74 Å². The molecule has 0 radical (unpaired) electrons. The Balaban J connectivity index is 1.44. The number of nitrogens with one attached hydrogen (secondary N) is 2. The second-order valence-corrected chi connectivity index (χ2v) is 13.5. The number of aldehydes is 1. The van der Waals surface area contributed by atoms with Gasteiger partial charge in [0.2, 0.25) is 0 Å². The fraction of sp³-hybridized carbons (Fsp3) is 0.618. The Hall–Kier alpha value is -2.73. The molecule has 2 saturated carbocycles. The normalized spacial score (nSPS) is 39.3. The van der Waals surface area contributed by atoms with Gasteiger partial charge in [0.25, 0.3) is 5.91 Å². The molecule has 0 aliphatic heterocycles. The number of esters is 1. The van der Waals surface area contributed by atoms with Crippen molar-refractivity contribution in [1.82, 2.24) is 10.6 Å². The van der Waals surface area contributed by atoms with Crippen molar-refractivity contribution in [3.63, 3.8) is 0 Å². The van der Waals surface area contributed by atoms with Crippen molar-refractivity contribution in [2.45, 2.75) is 91.3 Å². The quantitative estimate of drug-likeness (QED) is 0.356. The summed E-state index contributed by atoms with van der Waals surface area (Å²) in [5.74, 6) is 0.284. The number of allylic oxidation sites excluding steroid dienone is 4. The minimum Gasteiger partial charge on any atom is -0.462 e. The Kier molecular flexibility index (Phi) is 7.62. The fourth-order valence-electron chi connectivity index (χ4n) is 9.22. The van der Waals surface area contributed by atoms with E-state index in [2.05, 4.69) is 43.6 Å². The molecule has 6 nitrogen and oxygen atoms in total. The number of fused-ring (bicyclic) bond motifs is 4. The standard InChI is InChI=1S/C34H46N2O4/c1-21(35-6)30-28(40-22(2)38)19-34(5)27-14-13-26-24(18-25(27)16-17-33(30,34)4)12-15-29(32(26,3)20-37)36-31(39)23-10-8-7-9-11-23/h7-11,16,18,20-21,26-30,35H,12-15,17,19H2,1-6H3,(H,36,39)/t21-,26+,27+,28+,29-,30-,32-,33+,34-/m0/s1. The van der Waals surface area contributed by atoms with Crippen LogP contribution in [0.15, 0.2) is 53.6 Å². The van der Waals surface area contributed by atoms with Crippen LogP contribution in [0.25, 0.3) is 0 Å². The summed E-state index contributed by atoms with van der Waals surface area (Å²) < 4.78 is 6.01. The summed E-state index contributed by atoms with van der Waals surface area (Å²) in [5.41, 5.74) is 2.60. The molecule has 2 fully saturated rings. The van der Waals surface area contributed by atoms with Gasteiger partial charge < -0.3 is 20.2 Å². The zero-order chi connectivity index (χ0) is 28.9. The molecule has 6 heteroatoms. The molecule has 0 saturated heterocycles. The molecule has 4 aliphatic carbocycles. The Morgan fingerprint density at radius 2 is 1.75 bits per heavy atom. The number of hydrogen-bond acceptors (Lipinski definition) is 5. The van der Waals surface area contributed by atoms with E-state index in [1.54, 1.807) is 0 Å². The predicted octanol–water partition coefficient (Wildman–Crippen LogP) is 5.64. The van der Waals surface area contributed by atoms with Crippen LogP contribution in [-0.2, 0) is 14.3 Å². The maximum Gasteiger partial charge on any atom is 0.302 e. The Labute approximate surface area is 239 Å². The van der Waals surface area contributed by atoms with E-state index in [1.165, 1.54) is 18.1 Å². The Morgan fingerprint density at radius 1 is 1.05 bits per heavy atom. The smallest absolute Gasteiger partial charge is 0.302 e. The summed E-state index contributed by atoms with van der Waals surface area (Å²) in [5, 5.41) is 6.69. The summed E-state index contributed by atoms with van der Waals surface area (Å²) in [6.45, 7) is 10.6. The molecule has 0 bridgehead atoms. The van der Waals surface area contributed by atoms with Crippen LogP contribution in [0, 0.1) is 34.0 Å². The number of ether oxygens (including phenoxy) is 1. The van der Waals surface area contributed by atoms with E-state index in [9.17, 15) is 14.4 Å². The lowest BCUT2D eigenvalue weighted by Gasteiger charge is -2.53. The van der Waals surface area contributed by atoms with Crippen molar-refractivity contribution >= 4 is 18.2 Å². The minimum absolute atomic E-state index is 0.0299. The fourth-order valence-corrected chi connectivity index (χ4v) is 9.22. The van der Waals surface area contributed by atoms with Gasteiger partial charge in [-0.25, -0.2) is 0 Å².